The number of aliphatic hydroxyl groups is 3. The molecule has 16 N–H and O–H groups in total. The van der Waals surface area contributed by atoms with Crippen LogP contribution in [0.25, 0.3) is 0 Å². The van der Waals surface area contributed by atoms with Crippen LogP contribution in [0.2, 0.25) is 0 Å². The molecule has 0 spiro atoms. The Hall–Kier alpha value is -6.52. The van der Waals surface area contributed by atoms with Gasteiger partial charge in [-0.25, -0.2) is 0 Å². The Morgan fingerprint density at radius 1 is 0.512 bits per heavy atom. The summed E-state index contributed by atoms with van der Waals surface area (Å²) >= 11 is 0. The largest absolute Gasteiger partial charge is 0.480 e. The number of nitrogens with one attached hydrogen (secondary N) is 10. The highest BCUT2D eigenvalue weighted by atomic mass is 16.4. The van der Waals surface area contributed by atoms with Crippen LogP contribution in [0.3, 0.4) is 0 Å². The van der Waals surface area contributed by atoms with Crippen LogP contribution in [0, 0.1) is 35.5 Å². The van der Waals surface area contributed by atoms with E-state index in [2.05, 4.69) is 47.9 Å². The number of carboxylic acids is 1. The van der Waals surface area contributed by atoms with Crippen LogP contribution in [0.1, 0.15) is 122 Å². The van der Waals surface area contributed by atoms with Crippen molar-refractivity contribution in [2.45, 2.75) is 189 Å². The maximum atomic E-state index is 14.4. The fraction of sp³-hybridized carbons (Fsp3) is 0.769. The van der Waals surface area contributed by atoms with Gasteiger partial charge in [-0.3, -0.25) is 57.5 Å². The maximum absolute atomic E-state index is 14.4. The fourth-order valence-electron chi connectivity index (χ4n) is 8.54. The molecule has 456 valence electrons. The third kappa shape index (κ3) is 22.9. The number of carbonyl (C=O) groups excluding carboxylic acids is 11. The molecule has 12 atom stereocenters. The van der Waals surface area contributed by atoms with Crippen LogP contribution in [-0.2, 0) is 57.5 Å². The highest BCUT2D eigenvalue weighted by molar-refractivity contribution is 5.99. The Kier molecular flexibility index (Phi) is 30.9. The molecule has 1 saturated heterocycles. The molecule has 0 bridgehead atoms. The van der Waals surface area contributed by atoms with Crippen molar-refractivity contribution in [3.8, 4) is 0 Å². The van der Waals surface area contributed by atoms with E-state index in [1.54, 1.807) is 62.3 Å². The van der Waals surface area contributed by atoms with E-state index < -0.39 is 175 Å². The summed E-state index contributed by atoms with van der Waals surface area (Å²) in [5, 5.41) is 64.5. The normalized spacial score (nSPS) is 17.5. The van der Waals surface area contributed by atoms with E-state index in [-0.39, 0.29) is 50.1 Å². The lowest BCUT2D eigenvalue weighted by Crippen LogP contribution is -2.63. The molecule has 0 aliphatic carbocycles. The van der Waals surface area contributed by atoms with Gasteiger partial charge >= 0.3 is 5.97 Å². The number of aliphatic hydroxyl groups excluding tert-OH is 3. The van der Waals surface area contributed by atoms with E-state index >= 15 is 0 Å². The minimum atomic E-state index is -1.76. The van der Waals surface area contributed by atoms with Crippen LogP contribution < -0.4 is 58.9 Å². The van der Waals surface area contributed by atoms with Crippen molar-refractivity contribution in [2.75, 3.05) is 32.8 Å². The van der Waals surface area contributed by atoms with Crippen LogP contribution >= 0.6 is 0 Å². The molecule has 80 heavy (non-hydrogen) atoms. The van der Waals surface area contributed by atoms with Gasteiger partial charge in [0.1, 0.15) is 67.0 Å². The zero-order valence-electron chi connectivity index (χ0n) is 48.6. The Labute approximate surface area is 468 Å². The van der Waals surface area contributed by atoms with Crippen LogP contribution in [0.5, 0.6) is 0 Å². The topological polar surface area (TPSA) is 435 Å². The molecule has 1 heterocycles. The second kappa shape index (κ2) is 34.6. The van der Waals surface area contributed by atoms with Crippen LogP contribution in [0.4, 0.5) is 0 Å². The summed E-state index contributed by atoms with van der Waals surface area (Å²) in [5.41, 5.74) is 5.48. The molecule has 0 aromatic carbocycles. The first-order chi connectivity index (χ1) is 37.3. The van der Waals surface area contributed by atoms with E-state index in [4.69, 9.17) is 10.8 Å². The van der Waals surface area contributed by atoms with Crippen molar-refractivity contribution in [3.63, 3.8) is 0 Å². The monoisotopic (exact) mass is 1140 g/mol. The summed E-state index contributed by atoms with van der Waals surface area (Å²) in [4.78, 5) is 161. The van der Waals surface area contributed by atoms with Gasteiger partial charge in [0.2, 0.25) is 65.0 Å². The predicted molar refractivity (Wildman–Crippen MR) is 291 cm³/mol. The predicted octanol–water partition coefficient (Wildman–Crippen LogP) is -4.03. The SMILES string of the molecule is CC[C@H](C)[C@H](NC(=O)CN)C(=O)N[C@H](C(=O)N[C@@H](CC(C)C)C(=O)N[C@H](C(=O)N1CCC[C@H]1C(=O)N[C@H](C(=O)N[C@@H](CO)C(=O)N[C@@H](CC(C)C)C(=O)N[C@H](C(=O)N[C@@H](CO)C(=O)NCC(=O)O)C(C)C)[C@@H](C)O)C(C)C)C(C)C. The number of amides is 11. The lowest BCUT2D eigenvalue weighted by molar-refractivity contribution is -0.144. The minimum Gasteiger partial charge on any atom is -0.480 e. The van der Waals surface area contributed by atoms with Gasteiger partial charge in [-0.15, -0.1) is 0 Å². The number of rotatable bonds is 34. The first-order valence-corrected chi connectivity index (χ1v) is 27.4. The standard InChI is InChI=1S/C52H92N12O16/c1-14-29(12)41(59-36(68)20-53)50(78)61-39(27(8)9)48(76)56-32(19-25(4)5)45(73)62-40(28(10)11)52(80)64-17-15-16-35(64)47(75)63-42(30(13)67)51(79)58-34(23-66)46(74)55-31(18-24(2)3)44(72)60-38(26(6)7)49(77)57-33(22-65)43(71)54-21-37(69)70/h24-35,38-42,65-67H,14-23,53H2,1-13H3,(H,54,71)(H,55,74)(H,56,76)(H,57,77)(H,58,79)(H,59,68)(H,60,72)(H,61,78)(H,62,73)(H,63,75)(H,69,70)/t29-,30+,31-,32-,33-,34-,35-,38-,39-,40-,41-,42-/m0/s1. The number of aliphatic carboxylic acids is 1. The molecule has 0 radical (unpaired) electrons. The van der Waals surface area contributed by atoms with E-state index in [1.807, 2.05) is 26.1 Å². The van der Waals surface area contributed by atoms with Gasteiger partial charge < -0.3 is 84.2 Å². The number of likely N-dealkylation sites (tertiary alicyclic amines) is 1. The molecule has 11 amide bonds. The van der Waals surface area contributed by atoms with Gasteiger partial charge in [-0.2, -0.15) is 0 Å². The molecule has 28 nitrogen and oxygen atoms in total. The summed E-state index contributed by atoms with van der Waals surface area (Å²) in [6.45, 7) is 18.7. The molecular weight excluding hydrogens is 1050 g/mol. The zero-order valence-corrected chi connectivity index (χ0v) is 48.6. The number of nitrogens with two attached hydrogens (primary N) is 1. The average molecular weight is 1140 g/mol. The highest BCUT2D eigenvalue weighted by Crippen LogP contribution is 2.22. The van der Waals surface area contributed by atoms with E-state index in [0.29, 0.717) is 12.8 Å². The second-order valence-electron chi connectivity index (χ2n) is 22.2. The Morgan fingerprint density at radius 3 is 1.32 bits per heavy atom. The minimum absolute atomic E-state index is 0.0225. The molecule has 0 aromatic heterocycles. The number of hydrogen-bond acceptors (Lipinski definition) is 16. The van der Waals surface area contributed by atoms with Gasteiger partial charge in [0, 0.05) is 6.54 Å². The van der Waals surface area contributed by atoms with E-state index in [0.717, 1.165) is 0 Å². The molecule has 1 rings (SSSR count). The van der Waals surface area contributed by atoms with Crippen molar-refractivity contribution in [1.82, 2.24) is 58.1 Å². The van der Waals surface area contributed by atoms with E-state index in [9.17, 15) is 72.9 Å². The first-order valence-electron chi connectivity index (χ1n) is 27.4. The van der Waals surface area contributed by atoms with Gasteiger partial charge in [-0.05, 0) is 68.1 Å². The van der Waals surface area contributed by atoms with Gasteiger partial charge in [0.15, 0.2) is 0 Å². The highest BCUT2D eigenvalue weighted by Gasteiger charge is 2.42. The van der Waals surface area contributed by atoms with Gasteiger partial charge in [0.05, 0.1) is 25.9 Å². The summed E-state index contributed by atoms with van der Waals surface area (Å²) < 4.78 is 0. The Morgan fingerprint density at radius 2 is 0.912 bits per heavy atom. The van der Waals surface area contributed by atoms with Gasteiger partial charge in [0.25, 0.3) is 0 Å². The lowest BCUT2D eigenvalue weighted by atomic mass is 9.95. The molecular formula is C52H92N12O16. The van der Waals surface area contributed by atoms with Crippen molar-refractivity contribution in [1.29, 1.82) is 0 Å². The Bertz CT molecular complexity index is 2140. The summed E-state index contributed by atoms with van der Waals surface area (Å²) in [6.07, 6.45) is -0.560. The summed E-state index contributed by atoms with van der Waals surface area (Å²) in [7, 11) is 0. The second-order valence-corrected chi connectivity index (χ2v) is 22.2. The van der Waals surface area contributed by atoms with E-state index in [1.165, 1.54) is 11.8 Å². The molecule has 0 unspecified atom stereocenters. The van der Waals surface area contributed by atoms with Crippen molar-refractivity contribution >= 4 is 70.9 Å². The third-order valence-electron chi connectivity index (χ3n) is 13.3. The molecule has 0 aromatic rings. The maximum Gasteiger partial charge on any atom is 0.322 e. The van der Waals surface area contributed by atoms with Gasteiger partial charge in [-0.1, -0.05) is 89.5 Å². The number of carboxylic acid groups (broad SMARTS) is 1. The lowest BCUT2D eigenvalue weighted by Gasteiger charge is -2.33. The Balaban J connectivity index is 3.30. The number of hydrogen-bond donors (Lipinski definition) is 15. The number of carbonyl (C=O) groups is 12. The zero-order chi connectivity index (χ0) is 61.5. The smallest absolute Gasteiger partial charge is 0.322 e. The quantitative estimate of drug-likeness (QED) is 0.0292. The molecule has 1 aliphatic heterocycles. The molecule has 1 fully saturated rings. The molecule has 0 saturated carbocycles. The third-order valence-corrected chi connectivity index (χ3v) is 13.3. The average Bonchev–Trinajstić information content (AvgIpc) is 3.88. The fourth-order valence-corrected chi connectivity index (χ4v) is 8.54. The van der Waals surface area contributed by atoms with Crippen LogP contribution in [-0.4, -0.2) is 196 Å². The van der Waals surface area contributed by atoms with Crippen molar-refractivity contribution < 1.29 is 78.0 Å². The molecule has 28 heteroatoms. The van der Waals surface area contributed by atoms with Crippen LogP contribution in [0.15, 0.2) is 0 Å². The summed E-state index contributed by atoms with van der Waals surface area (Å²) in [6, 6.07) is -13.6. The first kappa shape index (κ1) is 71.5. The van der Waals surface area contributed by atoms with Crippen molar-refractivity contribution in [3.05, 3.63) is 0 Å². The number of nitrogens with zero attached hydrogens (tertiary/aromatic N) is 1. The summed E-state index contributed by atoms with van der Waals surface area (Å²) in [5.74, 6) is -12.9. The molecule has 1 aliphatic rings. The van der Waals surface area contributed by atoms with Crippen molar-refractivity contribution in [2.24, 2.45) is 41.2 Å².